The van der Waals surface area contributed by atoms with Gasteiger partial charge in [-0.2, -0.15) is 0 Å². The quantitative estimate of drug-likeness (QED) is 0.758. The van der Waals surface area contributed by atoms with Crippen molar-refractivity contribution in [1.29, 1.82) is 0 Å². The zero-order valence-corrected chi connectivity index (χ0v) is 14.4. The number of benzene rings is 2. The number of carbonyl (C=O) groups excluding carboxylic acids is 1. The van der Waals surface area contributed by atoms with Crippen molar-refractivity contribution in [2.45, 2.75) is 0 Å². The molecule has 1 N–H and O–H groups in total. The molecule has 0 unspecified atom stereocenters. The molecule has 0 saturated heterocycles. The fraction of sp³-hybridized carbons (Fsp3) is 0.133. The monoisotopic (exact) mass is 417 g/mol. The number of methoxy groups -OCH3 is 2. The van der Waals surface area contributed by atoms with Crippen molar-refractivity contribution in [3.8, 4) is 11.5 Å². The first kappa shape index (κ1) is 15.9. The lowest BCUT2D eigenvalue weighted by Gasteiger charge is -2.12. The van der Waals surface area contributed by atoms with E-state index < -0.39 is 0 Å². The third-order valence-corrected chi connectivity index (χ3v) is 3.83. The smallest absolute Gasteiger partial charge is 0.257 e. The molecule has 0 aromatic heterocycles. The van der Waals surface area contributed by atoms with Gasteiger partial charge < -0.3 is 14.8 Å². The number of rotatable bonds is 4. The Bertz CT molecular complexity index is 676. The molecule has 110 valence electrons. The van der Waals surface area contributed by atoms with E-state index in [1.165, 1.54) is 7.11 Å². The highest BCUT2D eigenvalue weighted by Gasteiger charge is 2.14. The predicted molar refractivity (Wildman–Crippen MR) is 91.7 cm³/mol. The van der Waals surface area contributed by atoms with Gasteiger partial charge in [-0.25, -0.2) is 0 Å². The summed E-state index contributed by atoms with van der Waals surface area (Å²) < 4.78 is 11.3. The number of anilines is 1. The van der Waals surface area contributed by atoms with E-state index in [0.717, 1.165) is 3.57 Å². The minimum absolute atomic E-state index is 0.290. The Hall–Kier alpha value is -1.47. The zero-order valence-electron chi connectivity index (χ0n) is 11.4. The molecule has 1 amide bonds. The molecule has 4 nitrogen and oxygen atoms in total. The van der Waals surface area contributed by atoms with Crippen LogP contribution in [0.25, 0.3) is 0 Å². The van der Waals surface area contributed by atoms with Crippen LogP contribution in [0.15, 0.2) is 36.4 Å². The Morgan fingerprint density at radius 1 is 1.14 bits per heavy atom. The van der Waals surface area contributed by atoms with Gasteiger partial charge in [-0.1, -0.05) is 11.6 Å². The summed E-state index contributed by atoms with van der Waals surface area (Å²) in [5.41, 5.74) is 0.972. The van der Waals surface area contributed by atoms with Crippen LogP contribution in [0.5, 0.6) is 11.5 Å². The summed E-state index contributed by atoms with van der Waals surface area (Å²) in [4.78, 5) is 12.3. The summed E-state index contributed by atoms with van der Waals surface area (Å²) in [7, 11) is 3.10. The molecule has 21 heavy (non-hydrogen) atoms. The highest BCUT2D eigenvalue weighted by Crippen LogP contribution is 2.30. The number of carbonyl (C=O) groups is 1. The summed E-state index contributed by atoms with van der Waals surface area (Å²) in [6.45, 7) is 0. The van der Waals surface area contributed by atoms with E-state index in [-0.39, 0.29) is 5.91 Å². The maximum Gasteiger partial charge on any atom is 0.257 e. The molecule has 0 aliphatic heterocycles. The first-order chi connectivity index (χ1) is 10.0. The van der Waals surface area contributed by atoms with Gasteiger partial charge in [0.15, 0.2) is 0 Å². The van der Waals surface area contributed by atoms with Crippen LogP contribution in [-0.4, -0.2) is 20.1 Å². The van der Waals surface area contributed by atoms with Gasteiger partial charge in [0.05, 0.1) is 30.5 Å². The number of hydrogen-bond donors (Lipinski definition) is 1. The second-order valence-electron chi connectivity index (χ2n) is 4.14. The van der Waals surface area contributed by atoms with Crippen LogP contribution in [-0.2, 0) is 0 Å². The average Bonchev–Trinajstić information content (AvgIpc) is 2.49. The van der Waals surface area contributed by atoms with E-state index in [2.05, 4.69) is 27.9 Å². The predicted octanol–water partition coefficient (Wildman–Crippen LogP) is 4.21. The van der Waals surface area contributed by atoms with E-state index in [9.17, 15) is 4.79 Å². The van der Waals surface area contributed by atoms with Crippen LogP contribution in [0, 0.1) is 3.57 Å². The topological polar surface area (TPSA) is 47.6 Å². The van der Waals surface area contributed by atoms with Gasteiger partial charge in [0.25, 0.3) is 5.91 Å². The van der Waals surface area contributed by atoms with E-state index in [0.29, 0.717) is 27.8 Å². The maximum absolute atomic E-state index is 12.3. The Morgan fingerprint density at radius 2 is 1.90 bits per heavy atom. The SMILES string of the molecule is COc1ccc(NC(=O)c2cc(I)ccc2Cl)c(OC)c1. The Labute approximate surface area is 141 Å². The number of amides is 1. The molecule has 0 bridgehead atoms. The molecule has 0 heterocycles. The van der Waals surface area contributed by atoms with Gasteiger partial charge in [0, 0.05) is 9.64 Å². The molecular weight excluding hydrogens is 405 g/mol. The summed E-state index contributed by atoms with van der Waals surface area (Å²) in [5.74, 6) is 0.878. The molecule has 0 saturated carbocycles. The third kappa shape index (κ3) is 3.79. The minimum Gasteiger partial charge on any atom is -0.497 e. The largest absolute Gasteiger partial charge is 0.497 e. The van der Waals surface area contributed by atoms with Crippen molar-refractivity contribution in [1.82, 2.24) is 0 Å². The van der Waals surface area contributed by atoms with Crippen LogP contribution in [0.4, 0.5) is 5.69 Å². The van der Waals surface area contributed by atoms with E-state index in [1.807, 2.05) is 6.07 Å². The Balaban J connectivity index is 2.29. The fourth-order valence-corrected chi connectivity index (χ4v) is 2.46. The minimum atomic E-state index is -0.290. The number of halogens is 2. The van der Waals surface area contributed by atoms with Crippen molar-refractivity contribution in [2.24, 2.45) is 0 Å². The fourth-order valence-electron chi connectivity index (χ4n) is 1.76. The van der Waals surface area contributed by atoms with Gasteiger partial charge in [0.2, 0.25) is 0 Å². The molecule has 0 atom stereocenters. The van der Waals surface area contributed by atoms with E-state index in [1.54, 1.807) is 37.4 Å². The van der Waals surface area contributed by atoms with Crippen LogP contribution >= 0.6 is 34.2 Å². The Kier molecular flexibility index (Phi) is 5.30. The summed E-state index contributed by atoms with van der Waals surface area (Å²) in [6.07, 6.45) is 0. The van der Waals surface area contributed by atoms with Crippen molar-refractivity contribution in [3.63, 3.8) is 0 Å². The van der Waals surface area contributed by atoms with Gasteiger partial charge in [-0.15, -0.1) is 0 Å². The first-order valence-corrected chi connectivity index (χ1v) is 7.49. The lowest BCUT2D eigenvalue weighted by Crippen LogP contribution is -2.13. The van der Waals surface area contributed by atoms with Crippen molar-refractivity contribution in [2.75, 3.05) is 19.5 Å². The lowest BCUT2D eigenvalue weighted by molar-refractivity contribution is 0.102. The van der Waals surface area contributed by atoms with Gasteiger partial charge in [0.1, 0.15) is 11.5 Å². The molecule has 0 spiro atoms. The summed E-state index contributed by atoms with van der Waals surface area (Å²) >= 11 is 8.19. The van der Waals surface area contributed by atoms with E-state index in [4.69, 9.17) is 21.1 Å². The molecule has 2 aromatic carbocycles. The van der Waals surface area contributed by atoms with Gasteiger partial charge in [-0.05, 0) is 52.9 Å². The number of nitrogens with one attached hydrogen (secondary N) is 1. The van der Waals surface area contributed by atoms with Gasteiger partial charge >= 0.3 is 0 Å². The summed E-state index contributed by atoms with van der Waals surface area (Å²) in [5, 5.41) is 3.19. The van der Waals surface area contributed by atoms with E-state index >= 15 is 0 Å². The zero-order chi connectivity index (χ0) is 15.4. The van der Waals surface area contributed by atoms with Crippen LogP contribution < -0.4 is 14.8 Å². The molecular formula is C15H13ClINO3. The Morgan fingerprint density at radius 3 is 2.57 bits per heavy atom. The standard InChI is InChI=1S/C15H13ClINO3/c1-20-10-4-6-13(14(8-10)21-2)18-15(19)11-7-9(17)3-5-12(11)16/h3-8H,1-2H3,(H,18,19). The molecule has 2 aromatic rings. The van der Waals surface area contributed by atoms with Crippen LogP contribution in [0.1, 0.15) is 10.4 Å². The maximum atomic E-state index is 12.3. The molecule has 2 rings (SSSR count). The highest BCUT2D eigenvalue weighted by atomic mass is 127. The molecule has 0 fully saturated rings. The van der Waals surface area contributed by atoms with Crippen molar-refractivity contribution in [3.05, 3.63) is 50.6 Å². The van der Waals surface area contributed by atoms with Crippen molar-refractivity contribution < 1.29 is 14.3 Å². The lowest BCUT2D eigenvalue weighted by atomic mass is 10.2. The highest BCUT2D eigenvalue weighted by molar-refractivity contribution is 14.1. The molecule has 0 radical (unpaired) electrons. The van der Waals surface area contributed by atoms with Crippen LogP contribution in [0.3, 0.4) is 0 Å². The van der Waals surface area contributed by atoms with Crippen LogP contribution in [0.2, 0.25) is 5.02 Å². The molecule has 0 aliphatic carbocycles. The average molecular weight is 418 g/mol. The summed E-state index contributed by atoms with van der Waals surface area (Å²) in [6, 6.07) is 10.4. The second-order valence-corrected chi connectivity index (χ2v) is 5.80. The van der Waals surface area contributed by atoms with Gasteiger partial charge in [-0.3, -0.25) is 4.79 Å². The normalized spacial score (nSPS) is 10.1. The second kappa shape index (κ2) is 7.00. The number of ether oxygens (including phenoxy) is 2. The number of hydrogen-bond acceptors (Lipinski definition) is 3. The molecule has 0 aliphatic rings. The van der Waals surface area contributed by atoms with Crippen molar-refractivity contribution >= 4 is 45.8 Å². The molecule has 6 heteroatoms. The first-order valence-electron chi connectivity index (χ1n) is 6.03. The third-order valence-electron chi connectivity index (χ3n) is 2.83.